The van der Waals surface area contributed by atoms with Gasteiger partial charge in [0, 0.05) is 12.1 Å². The van der Waals surface area contributed by atoms with Gasteiger partial charge in [-0.1, -0.05) is 44.0 Å². The molecule has 3 aromatic rings. The van der Waals surface area contributed by atoms with Gasteiger partial charge in [-0.2, -0.15) is 0 Å². The zero-order valence-electron chi connectivity index (χ0n) is 19.9. The summed E-state index contributed by atoms with van der Waals surface area (Å²) in [5.41, 5.74) is 1.33. The molecule has 3 aromatic carbocycles. The molecule has 1 amide bonds. The topological polar surface area (TPSA) is 66.8 Å². The van der Waals surface area contributed by atoms with Crippen molar-refractivity contribution in [2.75, 3.05) is 6.61 Å². The summed E-state index contributed by atoms with van der Waals surface area (Å²) >= 11 is 0. The Kier molecular flexibility index (Phi) is 7.78. The van der Waals surface area contributed by atoms with Crippen LogP contribution in [-0.4, -0.2) is 28.3 Å². The Morgan fingerprint density at radius 1 is 0.889 bits per heavy atom. The fraction of sp³-hybridized carbons (Fsp3) is 0.241. The number of aliphatic hydroxyl groups is 1. The van der Waals surface area contributed by atoms with Gasteiger partial charge in [0.2, 0.25) is 0 Å². The number of aliphatic hydroxyl groups excluding tert-OH is 1. The third kappa shape index (κ3) is 5.46. The van der Waals surface area contributed by atoms with E-state index in [1.54, 1.807) is 24.3 Å². The predicted molar refractivity (Wildman–Crippen MR) is 132 cm³/mol. The molecule has 0 radical (unpaired) electrons. The van der Waals surface area contributed by atoms with E-state index in [0.717, 1.165) is 19.3 Å². The number of carbonyl (C=O) groups excluding carboxylic acids is 2. The molecule has 5 nitrogen and oxygen atoms in total. The van der Waals surface area contributed by atoms with Crippen LogP contribution in [0, 0.1) is 11.6 Å². The van der Waals surface area contributed by atoms with Gasteiger partial charge in [-0.3, -0.25) is 9.59 Å². The number of hydrogen-bond donors (Lipinski definition) is 1. The molecule has 1 unspecified atom stereocenters. The first-order chi connectivity index (χ1) is 17.4. The smallest absolute Gasteiger partial charge is 0.295 e. The largest absolute Gasteiger partial charge is 0.507 e. The summed E-state index contributed by atoms with van der Waals surface area (Å²) in [7, 11) is 0. The highest BCUT2D eigenvalue weighted by atomic mass is 19.1. The van der Waals surface area contributed by atoms with Gasteiger partial charge in [0.05, 0.1) is 18.2 Å². The Bertz CT molecular complexity index is 1250. The maximum absolute atomic E-state index is 13.6. The molecule has 36 heavy (non-hydrogen) atoms. The number of likely N-dealkylation sites (tertiary alicyclic amines) is 1. The van der Waals surface area contributed by atoms with Crippen LogP contribution in [0.15, 0.2) is 78.4 Å². The molecule has 1 saturated heterocycles. The number of amides is 1. The second-order valence-electron chi connectivity index (χ2n) is 8.68. The first-order valence-corrected chi connectivity index (χ1v) is 11.9. The molecule has 1 atom stereocenters. The summed E-state index contributed by atoms with van der Waals surface area (Å²) in [6.45, 7) is 2.70. The van der Waals surface area contributed by atoms with Crippen LogP contribution in [0.4, 0.5) is 8.78 Å². The highest BCUT2D eigenvalue weighted by Crippen LogP contribution is 2.40. The number of carbonyl (C=O) groups is 2. The van der Waals surface area contributed by atoms with E-state index in [2.05, 4.69) is 6.92 Å². The minimum atomic E-state index is -0.944. The van der Waals surface area contributed by atoms with Gasteiger partial charge >= 0.3 is 0 Å². The molecule has 1 aliphatic rings. The maximum Gasteiger partial charge on any atom is 0.295 e. The Morgan fingerprint density at radius 3 is 2.11 bits per heavy atom. The lowest BCUT2D eigenvalue weighted by Gasteiger charge is -2.25. The maximum atomic E-state index is 13.6. The molecule has 1 fully saturated rings. The third-order valence-corrected chi connectivity index (χ3v) is 6.14. The first kappa shape index (κ1) is 25.1. The number of ether oxygens (including phenoxy) is 1. The van der Waals surface area contributed by atoms with Gasteiger partial charge in [-0.05, 0) is 66.1 Å². The molecule has 0 spiro atoms. The average Bonchev–Trinajstić information content (AvgIpc) is 3.13. The summed E-state index contributed by atoms with van der Waals surface area (Å²) in [6, 6.07) is 16.7. The lowest BCUT2D eigenvalue weighted by atomic mass is 9.95. The minimum Gasteiger partial charge on any atom is -0.507 e. The fourth-order valence-corrected chi connectivity index (χ4v) is 4.23. The van der Waals surface area contributed by atoms with E-state index < -0.39 is 29.4 Å². The number of hydrogen-bond acceptors (Lipinski definition) is 4. The SMILES string of the molecule is CCCCCOc1ccc(/C(O)=C2/C(=O)C(=O)N(Cc3ccc(F)cc3)C2c2ccc(F)cc2)cc1. The Labute approximate surface area is 208 Å². The molecule has 1 heterocycles. The summed E-state index contributed by atoms with van der Waals surface area (Å²) in [5, 5.41) is 11.2. The quantitative estimate of drug-likeness (QED) is 0.169. The molecular weight excluding hydrogens is 464 g/mol. The van der Waals surface area contributed by atoms with Crippen LogP contribution < -0.4 is 4.74 Å². The molecule has 0 aliphatic carbocycles. The van der Waals surface area contributed by atoms with Crippen molar-refractivity contribution < 1.29 is 28.2 Å². The van der Waals surface area contributed by atoms with Crippen molar-refractivity contribution in [3.63, 3.8) is 0 Å². The summed E-state index contributed by atoms with van der Waals surface area (Å²) < 4.78 is 32.7. The van der Waals surface area contributed by atoms with E-state index in [0.29, 0.717) is 29.0 Å². The van der Waals surface area contributed by atoms with E-state index in [1.807, 2.05) is 0 Å². The minimum absolute atomic E-state index is 0.00815. The van der Waals surface area contributed by atoms with Crippen LogP contribution in [0.3, 0.4) is 0 Å². The van der Waals surface area contributed by atoms with Crippen molar-refractivity contribution in [1.29, 1.82) is 0 Å². The van der Waals surface area contributed by atoms with Crippen LogP contribution in [-0.2, 0) is 16.1 Å². The fourth-order valence-electron chi connectivity index (χ4n) is 4.23. The molecular formula is C29H27F2NO4. The van der Waals surface area contributed by atoms with Gasteiger partial charge in [-0.15, -0.1) is 0 Å². The number of halogens is 2. The van der Waals surface area contributed by atoms with Crippen LogP contribution >= 0.6 is 0 Å². The van der Waals surface area contributed by atoms with E-state index >= 15 is 0 Å². The number of nitrogens with zero attached hydrogens (tertiary/aromatic N) is 1. The highest BCUT2D eigenvalue weighted by Gasteiger charge is 2.46. The molecule has 0 aromatic heterocycles. The Morgan fingerprint density at radius 2 is 1.50 bits per heavy atom. The summed E-state index contributed by atoms with van der Waals surface area (Å²) in [6.07, 6.45) is 3.09. The van der Waals surface area contributed by atoms with Gasteiger partial charge < -0.3 is 14.7 Å². The molecule has 1 aliphatic heterocycles. The molecule has 1 N–H and O–H groups in total. The number of Topliss-reactive ketones (excluding diaryl/α,β-unsaturated/α-hetero) is 1. The van der Waals surface area contributed by atoms with Crippen molar-refractivity contribution in [1.82, 2.24) is 4.90 Å². The van der Waals surface area contributed by atoms with E-state index in [9.17, 15) is 23.5 Å². The first-order valence-electron chi connectivity index (χ1n) is 11.9. The molecule has 0 bridgehead atoms. The average molecular weight is 492 g/mol. The van der Waals surface area contributed by atoms with Gasteiger partial charge in [0.25, 0.3) is 11.7 Å². The monoisotopic (exact) mass is 491 g/mol. The lowest BCUT2D eigenvalue weighted by Crippen LogP contribution is -2.29. The van der Waals surface area contributed by atoms with Gasteiger partial charge in [0.15, 0.2) is 0 Å². The Balaban J connectivity index is 1.69. The van der Waals surface area contributed by atoms with Crippen molar-refractivity contribution in [3.8, 4) is 5.75 Å². The Hall–Kier alpha value is -4.00. The molecule has 186 valence electrons. The van der Waals surface area contributed by atoms with Crippen LogP contribution in [0.1, 0.15) is 48.9 Å². The van der Waals surface area contributed by atoms with Crippen molar-refractivity contribution >= 4 is 17.4 Å². The van der Waals surface area contributed by atoms with E-state index in [-0.39, 0.29) is 17.9 Å². The number of ketones is 1. The number of benzene rings is 3. The molecule has 7 heteroatoms. The second-order valence-corrected chi connectivity index (χ2v) is 8.68. The normalized spacial score (nSPS) is 17.0. The van der Waals surface area contributed by atoms with Gasteiger partial charge in [0.1, 0.15) is 23.1 Å². The van der Waals surface area contributed by atoms with Crippen molar-refractivity contribution in [2.45, 2.75) is 38.8 Å². The van der Waals surface area contributed by atoms with Crippen LogP contribution in [0.5, 0.6) is 5.75 Å². The molecule has 4 rings (SSSR count). The number of rotatable bonds is 9. The summed E-state index contributed by atoms with van der Waals surface area (Å²) in [5.74, 6) is -2.23. The van der Waals surface area contributed by atoms with E-state index in [4.69, 9.17) is 4.74 Å². The zero-order chi connectivity index (χ0) is 25.7. The van der Waals surface area contributed by atoms with Crippen LogP contribution in [0.25, 0.3) is 5.76 Å². The lowest BCUT2D eigenvalue weighted by molar-refractivity contribution is -0.140. The van der Waals surface area contributed by atoms with Gasteiger partial charge in [-0.25, -0.2) is 8.78 Å². The highest BCUT2D eigenvalue weighted by molar-refractivity contribution is 6.46. The van der Waals surface area contributed by atoms with E-state index in [1.165, 1.54) is 53.4 Å². The van der Waals surface area contributed by atoms with Crippen LogP contribution in [0.2, 0.25) is 0 Å². The number of unbranched alkanes of at least 4 members (excludes halogenated alkanes) is 2. The second kappa shape index (κ2) is 11.2. The standard InChI is InChI=1S/C29H27F2NO4/c1-2-3-4-17-36-24-15-9-21(10-16-24)27(33)25-26(20-7-13-23(31)14-8-20)32(29(35)28(25)34)18-19-5-11-22(30)12-6-19/h5-16,26,33H,2-4,17-18H2,1H3/b27-25-. The zero-order valence-corrected chi connectivity index (χ0v) is 19.9. The van der Waals surface area contributed by atoms with Crippen molar-refractivity contribution in [3.05, 3.63) is 107 Å². The third-order valence-electron chi connectivity index (χ3n) is 6.14. The predicted octanol–water partition coefficient (Wildman–Crippen LogP) is 6.16. The summed E-state index contributed by atoms with van der Waals surface area (Å²) in [4.78, 5) is 27.5. The molecule has 0 saturated carbocycles. The van der Waals surface area contributed by atoms with Crippen molar-refractivity contribution in [2.24, 2.45) is 0 Å².